The number of amides is 1. The second kappa shape index (κ2) is 11.3. The first kappa shape index (κ1) is 21.0. The molecule has 28 heavy (non-hydrogen) atoms. The van der Waals surface area contributed by atoms with Gasteiger partial charge in [0, 0.05) is 50.8 Å². The van der Waals surface area contributed by atoms with E-state index in [1.165, 1.54) is 4.90 Å². The molecule has 3 rings (SSSR count). The van der Waals surface area contributed by atoms with Crippen LogP contribution in [-0.4, -0.2) is 79.4 Å². The molecule has 0 radical (unpaired) electrons. The first-order valence-electron chi connectivity index (χ1n) is 10.4. The maximum atomic E-state index is 12.5. The topological polar surface area (TPSA) is 57.2 Å². The molecular formula is C21H32N4O2S. The van der Waals surface area contributed by atoms with Crippen molar-refractivity contribution in [2.24, 2.45) is 4.99 Å². The zero-order valence-electron chi connectivity index (χ0n) is 16.8. The van der Waals surface area contributed by atoms with Gasteiger partial charge in [-0.05, 0) is 44.1 Å². The number of carbonyl (C=O) groups is 1. The van der Waals surface area contributed by atoms with Crippen LogP contribution >= 0.6 is 11.8 Å². The van der Waals surface area contributed by atoms with Crippen LogP contribution in [0.15, 0.2) is 40.2 Å². The van der Waals surface area contributed by atoms with E-state index >= 15 is 0 Å². The Morgan fingerprint density at radius 2 is 1.96 bits per heavy atom. The average molecular weight is 405 g/mol. The minimum absolute atomic E-state index is 0.164. The molecule has 2 aliphatic rings. The maximum absolute atomic E-state index is 12.5. The third-order valence-electron chi connectivity index (χ3n) is 5.01. The highest BCUT2D eigenvalue weighted by atomic mass is 32.2. The van der Waals surface area contributed by atoms with E-state index in [1.54, 1.807) is 0 Å². The van der Waals surface area contributed by atoms with Crippen LogP contribution in [0.25, 0.3) is 0 Å². The molecule has 0 bridgehead atoms. The van der Waals surface area contributed by atoms with Gasteiger partial charge in [-0.3, -0.25) is 9.79 Å². The minimum Gasteiger partial charge on any atom is -0.368 e. The number of rotatable bonds is 7. The number of piperazine rings is 1. The number of nitrogens with one attached hydrogen (secondary N) is 1. The highest BCUT2D eigenvalue weighted by Gasteiger charge is 2.30. The lowest BCUT2D eigenvalue weighted by Crippen LogP contribution is -2.55. The average Bonchev–Trinajstić information content (AvgIpc) is 3.28. The number of hydrogen-bond acceptors (Lipinski definition) is 4. The summed E-state index contributed by atoms with van der Waals surface area (Å²) in [5.41, 5.74) is 0. The zero-order chi connectivity index (χ0) is 19.6. The molecule has 1 unspecified atom stereocenters. The molecule has 7 heteroatoms. The molecule has 0 aromatic heterocycles. The van der Waals surface area contributed by atoms with Gasteiger partial charge in [-0.25, -0.2) is 0 Å². The standard InChI is InChI=1S/C21H32N4O2S/c1-2-22-21(23-11-7-17-28-18-8-4-3-5-9-18)25-14-12-24(13-15-25)20(26)19-10-6-16-27-19/h3-5,8-9,19H,2,6-7,10-17H2,1H3,(H,22,23). The van der Waals surface area contributed by atoms with E-state index in [0.717, 1.165) is 76.9 Å². The lowest BCUT2D eigenvalue weighted by molar-refractivity contribution is -0.142. The molecule has 2 aliphatic heterocycles. The van der Waals surface area contributed by atoms with Gasteiger partial charge < -0.3 is 19.9 Å². The maximum Gasteiger partial charge on any atom is 0.251 e. The zero-order valence-corrected chi connectivity index (χ0v) is 17.6. The molecule has 154 valence electrons. The van der Waals surface area contributed by atoms with E-state index in [1.807, 2.05) is 22.7 Å². The lowest BCUT2D eigenvalue weighted by atomic mass is 10.2. The molecule has 1 N–H and O–H groups in total. The summed E-state index contributed by atoms with van der Waals surface area (Å²) in [7, 11) is 0. The van der Waals surface area contributed by atoms with E-state index in [4.69, 9.17) is 9.73 Å². The molecule has 2 heterocycles. The first-order valence-corrected chi connectivity index (χ1v) is 11.4. The van der Waals surface area contributed by atoms with E-state index in [2.05, 4.69) is 41.4 Å². The van der Waals surface area contributed by atoms with Gasteiger partial charge in [-0.15, -0.1) is 11.8 Å². The summed E-state index contributed by atoms with van der Waals surface area (Å²) in [5, 5.41) is 3.40. The molecule has 2 saturated heterocycles. The fourth-order valence-corrected chi connectivity index (χ4v) is 4.36. The van der Waals surface area contributed by atoms with Crippen molar-refractivity contribution >= 4 is 23.6 Å². The predicted molar refractivity (Wildman–Crippen MR) is 115 cm³/mol. The fourth-order valence-electron chi connectivity index (χ4n) is 3.50. The van der Waals surface area contributed by atoms with Gasteiger partial charge in [0.25, 0.3) is 5.91 Å². The van der Waals surface area contributed by atoms with Crippen LogP contribution in [0.3, 0.4) is 0 Å². The molecule has 2 fully saturated rings. The Morgan fingerprint density at radius 3 is 2.64 bits per heavy atom. The molecule has 1 amide bonds. The van der Waals surface area contributed by atoms with Crippen molar-refractivity contribution in [3.05, 3.63) is 30.3 Å². The summed E-state index contributed by atoms with van der Waals surface area (Å²) in [4.78, 5) is 22.8. The van der Waals surface area contributed by atoms with Crippen LogP contribution in [0.5, 0.6) is 0 Å². The Hall–Kier alpha value is -1.73. The highest BCUT2D eigenvalue weighted by molar-refractivity contribution is 7.99. The van der Waals surface area contributed by atoms with Crippen molar-refractivity contribution in [3.63, 3.8) is 0 Å². The number of carbonyl (C=O) groups excluding carboxylic acids is 1. The molecular weight excluding hydrogens is 372 g/mol. The number of aliphatic imine (C=N–C) groups is 1. The molecule has 6 nitrogen and oxygen atoms in total. The predicted octanol–water partition coefficient (Wildman–Crippen LogP) is 2.46. The minimum atomic E-state index is -0.212. The molecule has 0 aliphatic carbocycles. The number of nitrogens with zero attached hydrogens (tertiary/aromatic N) is 3. The van der Waals surface area contributed by atoms with Crippen LogP contribution in [-0.2, 0) is 9.53 Å². The number of thioether (sulfide) groups is 1. The second-order valence-electron chi connectivity index (χ2n) is 7.06. The third-order valence-corrected chi connectivity index (χ3v) is 6.11. The Balaban J connectivity index is 1.42. The highest BCUT2D eigenvalue weighted by Crippen LogP contribution is 2.18. The summed E-state index contributed by atoms with van der Waals surface area (Å²) in [6, 6.07) is 10.5. The van der Waals surface area contributed by atoms with Crippen LogP contribution < -0.4 is 5.32 Å². The van der Waals surface area contributed by atoms with E-state index in [-0.39, 0.29) is 12.0 Å². The van der Waals surface area contributed by atoms with Crippen molar-refractivity contribution in [2.45, 2.75) is 37.2 Å². The van der Waals surface area contributed by atoms with Crippen molar-refractivity contribution < 1.29 is 9.53 Å². The summed E-state index contributed by atoms with van der Waals surface area (Å²) < 4.78 is 5.55. The van der Waals surface area contributed by atoms with E-state index in [0.29, 0.717) is 0 Å². The van der Waals surface area contributed by atoms with Crippen molar-refractivity contribution in [1.82, 2.24) is 15.1 Å². The number of guanidine groups is 1. The van der Waals surface area contributed by atoms with E-state index in [9.17, 15) is 4.79 Å². The van der Waals surface area contributed by atoms with Crippen LogP contribution in [0.1, 0.15) is 26.2 Å². The van der Waals surface area contributed by atoms with Gasteiger partial charge in [0.15, 0.2) is 5.96 Å². The van der Waals surface area contributed by atoms with Crippen LogP contribution in [0.4, 0.5) is 0 Å². The largest absolute Gasteiger partial charge is 0.368 e. The molecule has 0 saturated carbocycles. The number of benzene rings is 1. The van der Waals surface area contributed by atoms with Crippen LogP contribution in [0, 0.1) is 0 Å². The van der Waals surface area contributed by atoms with Gasteiger partial charge in [0.1, 0.15) is 6.10 Å². The molecule has 0 spiro atoms. The van der Waals surface area contributed by atoms with Crippen molar-refractivity contribution in [3.8, 4) is 0 Å². The number of ether oxygens (including phenoxy) is 1. The first-order chi connectivity index (χ1) is 13.8. The second-order valence-corrected chi connectivity index (χ2v) is 8.23. The smallest absolute Gasteiger partial charge is 0.251 e. The summed E-state index contributed by atoms with van der Waals surface area (Å²) in [6.45, 7) is 7.62. The summed E-state index contributed by atoms with van der Waals surface area (Å²) >= 11 is 1.88. The molecule has 1 aromatic rings. The normalized spacial score (nSPS) is 20.5. The molecule has 1 aromatic carbocycles. The summed E-state index contributed by atoms with van der Waals surface area (Å²) in [5.74, 6) is 2.20. The summed E-state index contributed by atoms with van der Waals surface area (Å²) in [6.07, 6.45) is 2.70. The van der Waals surface area contributed by atoms with Gasteiger partial charge in [0.05, 0.1) is 0 Å². The fraction of sp³-hybridized carbons (Fsp3) is 0.619. The Kier molecular flexibility index (Phi) is 8.48. The Labute approximate surface area is 172 Å². The lowest BCUT2D eigenvalue weighted by Gasteiger charge is -2.37. The Morgan fingerprint density at radius 1 is 1.21 bits per heavy atom. The SMILES string of the molecule is CCNC(=NCCCSc1ccccc1)N1CCN(C(=O)C2CCCO2)CC1. The number of hydrogen-bond donors (Lipinski definition) is 1. The molecule has 1 atom stereocenters. The van der Waals surface area contributed by atoms with Crippen molar-refractivity contribution in [2.75, 3.05) is 51.6 Å². The van der Waals surface area contributed by atoms with Gasteiger partial charge in [-0.2, -0.15) is 0 Å². The van der Waals surface area contributed by atoms with Gasteiger partial charge in [0.2, 0.25) is 0 Å². The van der Waals surface area contributed by atoms with Crippen molar-refractivity contribution in [1.29, 1.82) is 0 Å². The van der Waals surface area contributed by atoms with Crippen LogP contribution in [0.2, 0.25) is 0 Å². The Bertz CT molecular complexity index is 627. The monoisotopic (exact) mass is 404 g/mol. The van der Waals surface area contributed by atoms with Gasteiger partial charge >= 0.3 is 0 Å². The quantitative estimate of drug-likeness (QED) is 0.327. The van der Waals surface area contributed by atoms with E-state index < -0.39 is 0 Å². The van der Waals surface area contributed by atoms with Gasteiger partial charge in [-0.1, -0.05) is 18.2 Å². The third kappa shape index (κ3) is 6.14.